The van der Waals surface area contributed by atoms with E-state index in [-0.39, 0.29) is 0 Å². The Bertz CT molecular complexity index is 535. The lowest BCUT2D eigenvalue weighted by molar-refractivity contribution is 0.129. The van der Waals surface area contributed by atoms with Crippen molar-refractivity contribution in [2.45, 2.75) is 51.0 Å². The highest BCUT2D eigenvalue weighted by Gasteiger charge is 2.19. The second-order valence-electron chi connectivity index (χ2n) is 6.05. The number of rotatable bonds is 9. The van der Waals surface area contributed by atoms with Crippen molar-refractivity contribution in [3.63, 3.8) is 0 Å². The number of aromatic nitrogens is 3. The average molecular weight is 337 g/mol. The van der Waals surface area contributed by atoms with Crippen molar-refractivity contribution in [1.29, 1.82) is 0 Å². The van der Waals surface area contributed by atoms with Gasteiger partial charge in [0.15, 0.2) is 5.16 Å². The van der Waals surface area contributed by atoms with Gasteiger partial charge in [0.05, 0.1) is 12.6 Å². The normalized spacial score (nSPS) is 18.8. The predicted molar refractivity (Wildman–Crippen MR) is 95.7 cm³/mol. The Morgan fingerprint density at radius 1 is 1.52 bits per heavy atom. The van der Waals surface area contributed by atoms with Crippen LogP contribution in [-0.4, -0.2) is 51.7 Å². The second kappa shape index (κ2) is 9.25. The molecule has 5 nitrogen and oxygen atoms in total. The molecule has 1 fully saturated rings. The fraction of sp³-hybridized carbons (Fsp3) is 0.647. The molecule has 1 aromatic heterocycles. The molecule has 128 valence electrons. The molecule has 0 bridgehead atoms. The Balaban J connectivity index is 1.99. The summed E-state index contributed by atoms with van der Waals surface area (Å²) in [5.41, 5.74) is 1.36. The van der Waals surface area contributed by atoms with Gasteiger partial charge in [0, 0.05) is 25.4 Å². The fourth-order valence-corrected chi connectivity index (χ4v) is 3.64. The number of nitrogens with zero attached hydrogens (tertiary/aromatic N) is 4. The van der Waals surface area contributed by atoms with Crippen molar-refractivity contribution in [2.24, 2.45) is 0 Å². The smallest absolute Gasteiger partial charge is 0.191 e. The minimum absolute atomic E-state index is 0.359. The summed E-state index contributed by atoms with van der Waals surface area (Å²) in [6.45, 7) is 11.4. The molecule has 0 spiro atoms. The maximum absolute atomic E-state index is 5.69. The molecule has 1 saturated heterocycles. The summed E-state index contributed by atoms with van der Waals surface area (Å²) in [6.07, 6.45) is 6.73. The molecule has 0 aliphatic carbocycles. The SMILES string of the molecule is C=CCn1c(CN(C)C/C(C)=C/C)nnc1SCC1CCCO1. The number of hydrogen-bond donors (Lipinski definition) is 0. The number of thioether (sulfide) groups is 1. The van der Waals surface area contributed by atoms with Gasteiger partial charge in [0.25, 0.3) is 0 Å². The van der Waals surface area contributed by atoms with E-state index in [1.165, 1.54) is 12.0 Å². The van der Waals surface area contributed by atoms with Crippen LogP contribution < -0.4 is 0 Å². The molecule has 0 N–H and O–H groups in total. The summed E-state index contributed by atoms with van der Waals surface area (Å²) in [5, 5.41) is 9.74. The molecule has 2 heterocycles. The summed E-state index contributed by atoms with van der Waals surface area (Å²) in [7, 11) is 2.11. The summed E-state index contributed by atoms with van der Waals surface area (Å²) >= 11 is 1.74. The fourth-order valence-electron chi connectivity index (χ4n) is 2.61. The van der Waals surface area contributed by atoms with Crippen LogP contribution in [-0.2, 0) is 17.8 Å². The van der Waals surface area contributed by atoms with Gasteiger partial charge in [-0.25, -0.2) is 0 Å². The van der Waals surface area contributed by atoms with E-state index in [9.17, 15) is 0 Å². The monoisotopic (exact) mass is 336 g/mol. The van der Waals surface area contributed by atoms with Crippen molar-refractivity contribution in [2.75, 3.05) is 26.0 Å². The van der Waals surface area contributed by atoms with Crippen molar-refractivity contribution in [3.8, 4) is 0 Å². The van der Waals surface area contributed by atoms with E-state index in [2.05, 4.69) is 53.2 Å². The molecule has 0 radical (unpaired) electrons. The van der Waals surface area contributed by atoms with Crippen LogP contribution in [0.25, 0.3) is 0 Å². The van der Waals surface area contributed by atoms with Gasteiger partial charge in [-0.15, -0.1) is 16.8 Å². The highest BCUT2D eigenvalue weighted by atomic mass is 32.2. The van der Waals surface area contributed by atoms with Gasteiger partial charge >= 0.3 is 0 Å². The molecule has 2 rings (SSSR count). The van der Waals surface area contributed by atoms with Gasteiger partial charge in [-0.2, -0.15) is 0 Å². The molecular weight excluding hydrogens is 308 g/mol. The second-order valence-corrected chi connectivity index (χ2v) is 7.04. The first-order valence-corrected chi connectivity index (χ1v) is 9.20. The molecular formula is C17H28N4OS. The van der Waals surface area contributed by atoms with Gasteiger partial charge in [-0.1, -0.05) is 29.5 Å². The Morgan fingerprint density at radius 3 is 3.00 bits per heavy atom. The molecule has 0 aromatic carbocycles. The number of hydrogen-bond acceptors (Lipinski definition) is 5. The molecule has 1 atom stereocenters. The summed E-state index contributed by atoms with van der Waals surface area (Å²) in [6, 6.07) is 0. The largest absolute Gasteiger partial charge is 0.377 e. The zero-order chi connectivity index (χ0) is 16.7. The van der Waals surface area contributed by atoms with E-state index in [1.54, 1.807) is 11.8 Å². The molecule has 1 aromatic rings. The van der Waals surface area contributed by atoms with E-state index in [4.69, 9.17) is 4.74 Å². The van der Waals surface area contributed by atoms with Gasteiger partial charge in [-0.05, 0) is 33.7 Å². The number of likely N-dealkylation sites (N-methyl/N-ethyl adjacent to an activating group) is 1. The van der Waals surface area contributed by atoms with Crippen LogP contribution in [0.3, 0.4) is 0 Å². The third kappa shape index (κ3) is 5.48. The molecule has 1 aliphatic rings. The van der Waals surface area contributed by atoms with E-state index in [1.807, 2.05) is 6.08 Å². The van der Waals surface area contributed by atoms with Crippen molar-refractivity contribution in [3.05, 3.63) is 30.1 Å². The first-order valence-electron chi connectivity index (χ1n) is 8.21. The molecule has 6 heteroatoms. The topological polar surface area (TPSA) is 43.2 Å². The van der Waals surface area contributed by atoms with Crippen LogP contribution in [0.1, 0.15) is 32.5 Å². The van der Waals surface area contributed by atoms with E-state index in [0.717, 1.165) is 49.4 Å². The van der Waals surface area contributed by atoms with Gasteiger partial charge in [0.1, 0.15) is 5.82 Å². The Morgan fingerprint density at radius 2 is 2.35 bits per heavy atom. The third-order valence-electron chi connectivity index (χ3n) is 3.95. The molecule has 0 amide bonds. The number of ether oxygens (including phenoxy) is 1. The first-order chi connectivity index (χ1) is 11.1. The zero-order valence-electron chi connectivity index (χ0n) is 14.5. The predicted octanol–water partition coefficient (Wildman–Crippen LogP) is 3.13. The van der Waals surface area contributed by atoms with Crippen LogP contribution >= 0.6 is 11.8 Å². The lowest BCUT2D eigenvalue weighted by Gasteiger charge is -2.17. The Labute approximate surface area is 143 Å². The third-order valence-corrected chi connectivity index (χ3v) is 5.05. The van der Waals surface area contributed by atoms with E-state index < -0.39 is 0 Å². The van der Waals surface area contributed by atoms with Gasteiger partial charge in [0.2, 0.25) is 0 Å². The average Bonchev–Trinajstić information content (AvgIpc) is 3.16. The maximum atomic E-state index is 5.69. The molecule has 0 saturated carbocycles. The summed E-state index contributed by atoms with van der Waals surface area (Å²) in [5.74, 6) is 1.94. The molecule has 23 heavy (non-hydrogen) atoms. The van der Waals surface area contributed by atoms with E-state index >= 15 is 0 Å². The lowest BCUT2D eigenvalue weighted by atomic mass is 10.3. The summed E-state index contributed by atoms with van der Waals surface area (Å²) < 4.78 is 7.85. The minimum atomic E-state index is 0.359. The van der Waals surface area contributed by atoms with Crippen molar-refractivity contribution >= 4 is 11.8 Å². The minimum Gasteiger partial charge on any atom is -0.377 e. The van der Waals surface area contributed by atoms with Crippen LogP contribution in [0, 0.1) is 0 Å². The Kier molecular flexibility index (Phi) is 7.33. The zero-order valence-corrected chi connectivity index (χ0v) is 15.3. The van der Waals surface area contributed by atoms with Gasteiger partial charge < -0.3 is 9.30 Å². The highest BCUT2D eigenvalue weighted by molar-refractivity contribution is 7.99. The van der Waals surface area contributed by atoms with Crippen LogP contribution in [0.5, 0.6) is 0 Å². The first kappa shape index (κ1) is 18.2. The number of allylic oxidation sites excluding steroid dienone is 2. The highest BCUT2D eigenvalue weighted by Crippen LogP contribution is 2.23. The Hall–Kier alpha value is -1.11. The van der Waals surface area contributed by atoms with Crippen LogP contribution in [0.4, 0.5) is 0 Å². The standard InChI is InChI=1S/C17H28N4OS/c1-5-9-21-16(12-20(4)11-14(3)6-2)18-19-17(21)23-13-15-8-7-10-22-15/h5-6,15H,1,7-13H2,2-4H3/b14-6+. The molecule has 1 unspecified atom stereocenters. The van der Waals surface area contributed by atoms with Crippen molar-refractivity contribution < 1.29 is 4.74 Å². The van der Waals surface area contributed by atoms with Crippen LogP contribution in [0.2, 0.25) is 0 Å². The quantitative estimate of drug-likeness (QED) is 0.512. The van der Waals surface area contributed by atoms with Crippen LogP contribution in [0.15, 0.2) is 29.5 Å². The summed E-state index contributed by atoms with van der Waals surface area (Å²) in [4.78, 5) is 2.26. The lowest BCUT2D eigenvalue weighted by Crippen LogP contribution is -2.22. The molecule has 1 aliphatic heterocycles. The maximum Gasteiger partial charge on any atom is 0.191 e. The van der Waals surface area contributed by atoms with E-state index in [0.29, 0.717) is 6.10 Å². The van der Waals surface area contributed by atoms with Gasteiger partial charge in [-0.3, -0.25) is 4.90 Å². The van der Waals surface area contributed by atoms with Crippen molar-refractivity contribution in [1.82, 2.24) is 19.7 Å².